The van der Waals surface area contributed by atoms with Crippen LogP contribution in [0.4, 0.5) is 10.1 Å². The number of benzene rings is 1. The Morgan fingerprint density at radius 3 is 2.76 bits per heavy atom. The molecule has 1 N–H and O–H groups in total. The van der Waals surface area contributed by atoms with E-state index in [9.17, 15) is 4.39 Å². The van der Waals surface area contributed by atoms with Gasteiger partial charge in [-0.15, -0.1) is 0 Å². The van der Waals surface area contributed by atoms with E-state index in [-0.39, 0.29) is 11.2 Å². The van der Waals surface area contributed by atoms with Crippen molar-refractivity contribution in [3.8, 4) is 5.75 Å². The molecule has 0 bridgehead atoms. The van der Waals surface area contributed by atoms with Gasteiger partial charge in [0.15, 0.2) is 11.6 Å². The molecule has 1 aromatic carbocycles. The molecule has 2 saturated carbocycles. The van der Waals surface area contributed by atoms with Gasteiger partial charge in [-0.3, -0.25) is 0 Å². The summed E-state index contributed by atoms with van der Waals surface area (Å²) in [4.78, 5) is 0. The Morgan fingerprint density at radius 1 is 1.33 bits per heavy atom. The highest BCUT2D eigenvalue weighted by Crippen LogP contribution is 2.55. The summed E-state index contributed by atoms with van der Waals surface area (Å²) >= 11 is 0. The number of anilines is 1. The first-order chi connectivity index (χ1) is 10.2. The van der Waals surface area contributed by atoms with Gasteiger partial charge in [0, 0.05) is 29.8 Å². The van der Waals surface area contributed by atoms with Crippen LogP contribution in [-0.2, 0) is 4.74 Å². The van der Waals surface area contributed by atoms with E-state index in [1.54, 1.807) is 12.1 Å². The molecule has 2 fully saturated rings. The van der Waals surface area contributed by atoms with Crippen LogP contribution in [0.3, 0.4) is 0 Å². The molecule has 2 unspecified atom stereocenters. The smallest absolute Gasteiger partial charge is 0.165 e. The van der Waals surface area contributed by atoms with Gasteiger partial charge in [0.25, 0.3) is 0 Å². The molecule has 0 amide bonds. The fourth-order valence-corrected chi connectivity index (χ4v) is 4.04. The minimum atomic E-state index is -0.320. The zero-order valence-corrected chi connectivity index (χ0v) is 12.8. The van der Waals surface area contributed by atoms with E-state index in [2.05, 4.69) is 12.2 Å². The van der Waals surface area contributed by atoms with Gasteiger partial charge in [0.1, 0.15) is 0 Å². The van der Waals surface area contributed by atoms with Crippen molar-refractivity contribution in [2.45, 2.75) is 51.2 Å². The number of ether oxygens (including phenoxy) is 2. The molecule has 3 rings (SSSR count). The van der Waals surface area contributed by atoms with Crippen LogP contribution in [0, 0.1) is 11.2 Å². The maximum atomic E-state index is 13.5. The van der Waals surface area contributed by atoms with E-state index in [1.165, 1.54) is 38.9 Å². The molecule has 0 saturated heterocycles. The second-order valence-corrected chi connectivity index (χ2v) is 6.17. The zero-order chi connectivity index (χ0) is 14.9. The predicted molar refractivity (Wildman–Crippen MR) is 81.3 cm³/mol. The minimum absolute atomic E-state index is 0.275. The molecule has 0 radical (unpaired) electrons. The minimum Gasteiger partial charge on any atom is -0.494 e. The van der Waals surface area contributed by atoms with Crippen molar-refractivity contribution < 1.29 is 13.9 Å². The van der Waals surface area contributed by atoms with Gasteiger partial charge >= 0.3 is 0 Å². The van der Waals surface area contributed by atoms with Gasteiger partial charge in [-0.1, -0.05) is 12.8 Å². The maximum Gasteiger partial charge on any atom is 0.165 e. The molecule has 21 heavy (non-hydrogen) atoms. The second kappa shape index (κ2) is 5.84. The van der Waals surface area contributed by atoms with Crippen LogP contribution in [0.2, 0.25) is 0 Å². The Bertz CT molecular complexity index is 500. The molecular weight excluding hydrogens is 269 g/mol. The number of nitrogens with one attached hydrogen (secondary N) is 1. The lowest BCUT2D eigenvalue weighted by atomic mass is 9.60. The van der Waals surface area contributed by atoms with Crippen molar-refractivity contribution >= 4 is 5.69 Å². The molecule has 2 aliphatic rings. The van der Waals surface area contributed by atoms with Crippen LogP contribution in [0.15, 0.2) is 18.2 Å². The average molecular weight is 293 g/mol. The molecule has 1 spiro atoms. The lowest BCUT2D eigenvalue weighted by molar-refractivity contribution is -0.114. The molecule has 0 heterocycles. The van der Waals surface area contributed by atoms with E-state index < -0.39 is 0 Å². The van der Waals surface area contributed by atoms with Gasteiger partial charge < -0.3 is 14.8 Å². The van der Waals surface area contributed by atoms with Crippen molar-refractivity contribution in [2.75, 3.05) is 19.0 Å². The standard InChI is InChI=1S/C17H24FNO2/c1-3-21-16-11-15(17(16)8-4-5-9-17)19-12-6-7-13(18)14(10-12)20-2/h6-7,10,15-16,19H,3-5,8-9,11H2,1-2H3. The van der Waals surface area contributed by atoms with E-state index in [1.807, 2.05) is 0 Å². The highest BCUT2D eigenvalue weighted by atomic mass is 19.1. The predicted octanol–water partition coefficient (Wildman–Crippen LogP) is 3.98. The summed E-state index contributed by atoms with van der Waals surface area (Å²) in [7, 11) is 1.50. The zero-order valence-electron chi connectivity index (χ0n) is 12.8. The van der Waals surface area contributed by atoms with Crippen molar-refractivity contribution in [3.63, 3.8) is 0 Å². The van der Waals surface area contributed by atoms with Crippen molar-refractivity contribution in [2.24, 2.45) is 5.41 Å². The molecule has 2 aliphatic carbocycles. The van der Waals surface area contributed by atoms with E-state index in [4.69, 9.17) is 9.47 Å². The van der Waals surface area contributed by atoms with Crippen molar-refractivity contribution in [3.05, 3.63) is 24.0 Å². The SMILES string of the molecule is CCOC1CC(Nc2ccc(F)c(OC)c2)C12CCCC2. The van der Waals surface area contributed by atoms with Crippen LogP contribution in [0.25, 0.3) is 0 Å². The number of rotatable bonds is 5. The summed E-state index contributed by atoms with van der Waals surface area (Å²) in [6.07, 6.45) is 6.45. The molecule has 1 aromatic rings. The van der Waals surface area contributed by atoms with E-state index >= 15 is 0 Å². The van der Waals surface area contributed by atoms with E-state index in [0.717, 1.165) is 18.7 Å². The number of methoxy groups -OCH3 is 1. The van der Waals surface area contributed by atoms with Gasteiger partial charge in [0.05, 0.1) is 13.2 Å². The second-order valence-electron chi connectivity index (χ2n) is 6.17. The van der Waals surface area contributed by atoms with Gasteiger partial charge in [-0.25, -0.2) is 4.39 Å². The van der Waals surface area contributed by atoms with Crippen LogP contribution in [0.1, 0.15) is 39.0 Å². The molecule has 3 nitrogen and oxygen atoms in total. The van der Waals surface area contributed by atoms with Gasteiger partial charge in [0.2, 0.25) is 0 Å². The van der Waals surface area contributed by atoms with Crippen LogP contribution in [0.5, 0.6) is 5.75 Å². The highest BCUT2D eigenvalue weighted by molar-refractivity contribution is 5.50. The third-order valence-corrected chi connectivity index (χ3v) is 5.18. The van der Waals surface area contributed by atoms with Crippen molar-refractivity contribution in [1.29, 1.82) is 0 Å². The van der Waals surface area contributed by atoms with E-state index in [0.29, 0.717) is 17.9 Å². The fraction of sp³-hybridized carbons (Fsp3) is 0.647. The largest absolute Gasteiger partial charge is 0.494 e. The molecule has 2 atom stereocenters. The number of halogens is 1. The Hall–Kier alpha value is -1.29. The first-order valence-electron chi connectivity index (χ1n) is 7.91. The van der Waals surface area contributed by atoms with Gasteiger partial charge in [-0.05, 0) is 38.3 Å². The Balaban J connectivity index is 1.73. The topological polar surface area (TPSA) is 30.5 Å². The Labute approximate surface area is 125 Å². The third-order valence-electron chi connectivity index (χ3n) is 5.18. The van der Waals surface area contributed by atoms with Crippen LogP contribution in [-0.4, -0.2) is 25.9 Å². The quantitative estimate of drug-likeness (QED) is 0.890. The number of hydrogen-bond donors (Lipinski definition) is 1. The maximum absolute atomic E-state index is 13.5. The van der Waals surface area contributed by atoms with Crippen LogP contribution < -0.4 is 10.1 Å². The summed E-state index contributed by atoms with van der Waals surface area (Å²) in [5, 5.41) is 3.57. The summed E-state index contributed by atoms with van der Waals surface area (Å²) in [5.74, 6) is -0.0272. The summed E-state index contributed by atoms with van der Waals surface area (Å²) in [6, 6.07) is 5.41. The monoisotopic (exact) mass is 293 g/mol. The van der Waals surface area contributed by atoms with Gasteiger partial charge in [-0.2, -0.15) is 0 Å². The third kappa shape index (κ3) is 2.50. The Morgan fingerprint density at radius 2 is 2.10 bits per heavy atom. The number of hydrogen-bond acceptors (Lipinski definition) is 3. The molecule has 116 valence electrons. The lowest BCUT2D eigenvalue weighted by Crippen LogP contribution is -2.60. The summed E-state index contributed by atoms with van der Waals surface area (Å²) in [5.41, 5.74) is 1.21. The Kier molecular flexibility index (Phi) is 4.07. The average Bonchev–Trinajstić information content (AvgIpc) is 3.00. The molecular formula is C17H24FNO2. The fourth-order valence-electron chi connectivity index (χ4n) is 4.04. The lowest BCUT2D eigenvalue weighted by Gasteiger charge is -2.54. The molecule has 0 aliphatic heterocycles. The molecule has 0 aromatic heterocycles. The first kappa shape index (κ1) is 14.6. The van der Waals surface area contributed by atoms with Crippen LogP contribution >= 0.6 is 0 Å². The summed E-state index contributed by atoms with van der Waals surface area (Å²) < 4.78 is 24.5. The normalized spacial score (nSPS) is 26.6. The van der Waals surface area contributed by atoms with Crippen molar-refractivity contribution in [1.82, 2.24) is 0 Å². The molecule has 4 heteroatoms. The summed E-state index contributed by atoms with van der Waals surface area (Å²) in [6.45, 7) is 2.84. The highest BCUT2D eigenvalue weighted by Gasteiger charge is 2.56. The first-order valence-corrected chi connectivity index (χ1v) is 7.91.